The normalized spacial score (nSPS) is 30.1. The van der Waals surface area contributed by atoms with E-state index >= 15 is 0 Å². The van der Waals surface area contributed by atoms with Gasteiger partial charge in [-0.15, -0.1) is 0 Å². The third kappa shape index (κ3) is 2.53. The van der Waals surface area contributed by atoms with Crippen LogP contribution >= 0.6 is 0 Å². The third-order valence-electron chi connectivity index (χ3n) is 3.22. The fourth-order valence-corrected chi connectivity index (χ4v) is 2.19. The molecule has 0 aliphatic heterocycles. The predicted octanol–water partition coefficient (Wildman–Crippen LogP) is 2.72. The molecule has 1 fully saturated rings. The van der Waals surface area contributed by atoms with Crippen molar-refractivity contribution in [3.05, 3.63) is 30.1 Å². The van der Waals surface area contributed by atoms with Crippen molar-refractivity contribution in [3.63, 3.8) is 0 Å². The minimum Gasteiger partial charge on any atom is -0.486 e. The Kier molecular flexibility index (Phi) is 3.44. The Balaban J connectivity index is 2.06. The lowest BCUT2D eigenvalue weighted by Gasteiger charge is -2.32. The quantitative estimate of drug-likeness (QED) is 0.836. The first-order valence-electron chi connectivity index (χ1n) is 5.83. The van der Waals surface area contributed by atoms with Crippen molar-refractivity contribution >= 4 is 0 Å². The van der Waals surface area contributed by atoms with E-state index in [4.69, 9.17) is 10.5 Å². The van der Waals surface area contributed by atoms with Crippen LogP contribution in [0.2, 0.25) is 0 Å². The van der Waals surface area contributed by atoms with Gasteiger partial charge in [-0.1, -0.05) is 19.1 Å². The number of benzene rings is 1. The number of rotatable bonds is 2. The molecule has 3 atom stereocenters. The van der Waals surface area contributed by atoms with Gasteiger partial charge in [-0.25, -0.2) is 4.39 Å². The Labute approximate surface area is 95.6 Å². The summed E-state index contributed by atoms with van der Waals surface area (Å²) < 4.78 is 19.1. The van der Waals surface area contributed by atoms with E-state index in [0.717, 1.165) is 19.3 Å². The van der Waals surface area contributed by atoms with E-state index in [1.165, 1.54) is 6.07 Å². The van der Waals surface area contributed by atoms with Gasteiger partial charge in [0.05, 0.1) is 0 Å². The van der Waals surface area contributed by atoms with Gasteiger partial charge in [0.25, 0.3) is 0 Å². The molecule has 2 N–H and O–H groups in total. The molecule has 2 rings (SSSR count). The van der Waals surface area contributed by atoms with Gasteiger partial charge in [0.1, 0.15) is 6.10 Å². The summed E-state index contributed by atoms with van der Waals surface area (Å²) in [5.41, 5.74) is 5.99. The minimum atomic E-state index is -0.312. The van der Waals surface area contributed by atoms with E-state index < -0.39 is 0 Å². The zero-order chi connectivity index (χ0) is 11.5. The molecule has 1 aromatic carbocycles. The fraction of sp³-hybridized carbons (Fsp3) is 0.538. The molecule has 0 bridgehead atoms. The van der Waals surface area contributed by atoms with Gasteiger partial charge in [-0.2, -0.15) is 0 Å². The second-order valence-electron chi connectivity index (χ2n) is 4.67. The number of nitrogens with two attached hydrogens (primary N) is 1. The fourth-order valence-electron chi connectivity index (χ4n) is 2.19. The molecule has 0 aromatic heterocycles. The first-order valence-corrected chi connectivity index (χ1v) is 5.83. The zero-order valence-electron chi connectivity index (χ0n) is 9.53. The molecule has 88 valence electrons. The number of para-hydroxylation sites is 1. The van der Waals surface area contributed by atoms with Crippen molar-refractivity contribution in [2.45, 2.75) is 38.3 Å². The standard InChI is InChI=1S/C13H18FNO/c1-9-6-7-11(15)13(8-9)16-12-5-3-2-4-10(12)14/h2-5,9,11,13H,6-8,15H2,1H3. The average Bonchev–Trinajstić information content (AvgIpc) is 2.27. The van der Waals surface area contributed by atoms with E-state index in [2.05, 4.69) is 6.92 Å². The summed E-state index contributed by atoms with van der Waals surface area (Å²) in [6.45, 7) is 2.18. The van der Waals surface area contributed by atoms with E-state index in [1.807, 2.05) is 0 Å². The summed E-state index contributed by atoms with van der Waals surface area (Å²) in [7, 11) is 0. The maximum Gasteiger partial charge on any atom is 0.165 e. The molecule has 2 nitrogen and oxygen atoms in total. The van der Waals surface area contributed by atoms with Crippen molar-refractivity contribution in [1.29, 1.82) is 0 Å². The summed E-state index contributed by atoms with van der Waals surface area (Å²) in [5, 5.41) is 0. The monoisotopic (exact) mass is 223 g/mol. The summed E-state index contributed by atoms with van der Waals surface area (Å²) in [5.74, 6) is 0.613. The first kappa shape index (κ1) is 11.4. The van der Waals surface area contributed by atoms with Crippen molar-refractivity contribution < 1.29 is 9.13 Å². The highest BCUT2D eigenvalue weighted by atomic mass is 19.1. The molecule has 1 saturated carbocycles. The van der Waals surface area contributed by atoms with Gasteiger partial charge in [-0.3, -0.25) is 0 Å². The van der Waals surface area contributed by atoms with Gasteiger partial charge in [0.2, 0.25) is 0 Å². The van der Waals surface area contributed by atoms with Gasteiger partial charge < -0.3 is 10.5 Å². The summed E-state index contributed by atoms with van der Waals surface area (Å²) in [6, 6.07) is 6.52. The van der Waals surface area contributed by atoms with E-state index in [-0.39, 0.29) is 18.0 Å². The maximum absolute atomic E-state index is 13.4. The van der Waals surface area contributed by atoms with E-state index in [9.17, 15) is 4.39 Å². The Morgan fingerprint density at radius 2 is 2.06 bits per heavy atom. The number of ether oxygens (including phenoxy) is 1. The molecular weight excluding hydrogens is 205 g/mol. The van der Waals surface area contributed by atoms with Gasteiger partial charge in [-0.05, 0) is 37.3 Å². The molecule has 1 aromatic rings. The van der Waals surface area contributed by atoms with E-state index in [1.54, 1.807) is 18.2 Å². The summed E-state index contributed by atoms with van der Waals surface area (Å²) in [6.07, 6.45) is 2.95. The van der Waals surface area contributed by atoms with Crippen molar-refractivity contribution in [2.24, 2.45) is 11.7 Å². The highest BCUT2D eigenvalue weighted by Crippen LogP contribution is 2.27. The molecule has 3 unspecified atom stereocenters. The highest BCUT2D eigenvalue weighted by Gasteiger charge is 2.28. The molecule has 0 spiro atoms. The van der Waals surface area contributed by atoms with Gasteiger partial charge in [0.15, 0.2) is 11.6 Å². The van der Waals surface area contributed by atoms with Crippen LogP contribution < -0.4 is 10.5 Å². The lowest BCUT2D eigenvalue weighted by atomic mass is 9.85. The topological polar surface area (TPSA) is 35.2 Å². The van der Waals surface area contributed by atoms with Crippen molar-refractivity contribution in [1.82, 2.24) is 0 Å². The lowest BCUT2D eigenvalue weighted by molar-refractivity contribution is 0.103. The van der Waals surface area contributed by atoms with Crippen molar-refractivity contribution in [2.75, 3.05) is 0 Å². The van der Waals surface area contributed by atoms with Crippen LogP contribution in [0.25, 0.3) is 0 Å². The van der Waals surface area contributed by atoms with Crippen molar-refractivity contribution in [3.8, 4) is 5.75 Å². The molecule has 1 aliphatic carbocycles. The largest absolute Gasteiger partial charge is 0.486 e. The molecule has 0 radical (unpaired) electrons. The van der Waals surface area contributed by atoms with Crippen LogP contribution in [0.15, 0.2) is 24.3 Å². The molecule has 16 heavy (non-hydrogen) atoms. The Morgan fingerprint density at radius 1 is 1.31 bits per heavy atom. The van der Waals surface area contributed by atoms with Crippen LogP contribution in [0.3, 0.4) is 0 Å². The summed E-state index contributed by atoms with van der Waals surface area (Å²) in [4.78, 5) is 0. The maximum atomic E-state index is 13.4. The summed E-state index contributed by atoms with van der Waals surface area (Å²) >= 11 is 0. The molecule has 3 heteroatoms. The molecule has 0 amide bonds. The van der Waals surface area contributed by atoms with Crippen LogP contribution in [0, 0.1) is 11.7 Å². The third-order valence-corrected chi connectivity index (χ3v) is 3.22. The van der Waals surface area contributed by atoms with E-state index in [0.29, 0.717) is 11.7 Å². The number of hydrogen-bond acceptors (Lipinski definition) is 2. The van der Waals surface area contributed by atoms with Gasteiger partial charge in [0, 0.05) is 6.04 Å². The lowest BCUT2D eigenvalue weighted by Crippen LogP contribution is -2.43. The Bertz CT molecular complexity index is 356. The second kappa shape index (κ2) is 4.83. The first-order chi connectivity index (χ1) is 7.66. The number of halogens is 1. The van der Waals surface area contributed by atoms with Crippen LogP contribution in [0.5, 0.6) is 5.75 Å². The molecule has 1 aliphatic rings. The van der Waals surface area contributed by atoms with Crippen LogP contribution in [0.4, 0.5) is 4.39 Å². The van der Waals surface area contributed by atoms with Gasteiger partial charge >= 0.3 is 0 Å². The molecule has 0 heterocycles. The second-order valence-corrected chi connectivity index (χ2v) is 4.67. The van der Waals surface area contributed by atoms with Crippen LogP contribution in [0.1, 0.15) is 26.2 Å². The highest BCUT2D eigenvalue weighted by molar-refractivity contribution is 5.24. The SMILES string of the molecule is CC1CCC(N)C(Oc2ccccc2F)C1. The number of hydrogen-bond donors (Lipinski definition) is 1. The Hall–Kier alpha value is -1.09. The van der Waals surface area contributed by atoms with Crippen LogP contribution in [-0.2, 0) is 0 Å². The molecular formula is C13H18FNO. The smallest absolute Gasteiger partial charge is 0.165 e. The predicted molar refractivity (Wildman–Crippen MR) is 61.8 cm³/mol. The minimum absolute atomic E-state index is 0.0239. The Morgan fingerprint density at radius 3 is 2.81 bits per heavy atom. The molecule has 0 saturated heterocycles. The zero-order valence-corrected chi connectivity index (χ0v) is 9.53. The van der Waals surface area contributed by atoms with Crippen LogP contribution in [-0.4, -0.2) is 12.1 Å². The average molecular weight is 223 g/mol.